The van der Waals surface area contributed by atoms with Crippen molar-refractivity contribution in [1.29, 1.82) is 0 Å². The number of halogens is 1. The van der Waals surface area contributed by atoms with Gasteiger partial charge in [-0.15, -0.1) is 0 Å². The van der Waals surface area contributed by atoms with Crippen LogP contribution in [0.25, 0.3) is 0 Å². The molecule has 1 fully saturated rings. The van der Waals surface area contributed by atoms with Crippen molar-refractivity contribution in [2.45, 2.75) is 32.2 Å². The van der Waals surface area contributed by atoms with E-state index in [4.69, 9.17) is 16.3 Å². The molecule has 0 aromatic carbocycles. The molecule has 1 saturated heterocycles. The Morgan fingerprint density at radius 3 is 3.00 bits per heavy atom. The molecule has 0 amide bonds. The molecule has 2 rings (SSSR count). The lowest BCUT2D eigenvalue weighted by Crippen LogP contribution is -2.33. The number of likely N-dealkylation sites (N-methyl/N-ethyl adjacent to an activating group) is 1. The Balaban J connectivity index is 2.26. The van der Waals surface area contributed by atoms with Gasteiger partial charge in [-0.1, -0.05) is 24.9 Å². The quantitative estimate of drug-likeness (QED) is 0.774. The second-order valence-corrected chi connectivity index (χ2v) is 4.70. The zero-order chi connectivity index (χ0) is 12.3. The summed E-state index contributed by atoms with van der Waals surface area (Å²) in [6, 6.07) is 0.400. The van der Waals surface area contributed by atoms with E-state index in [1.807, 2.05) is 0 Å². The van der Waals surface area contributed by atoms with Gasteiger partial charge in [0.25, 0.3) is 0 Å². The average molecular weight is 256 g/mol. The third-order valence-electron chi connectivity index (χ3n) is 3.16. The highest BCUT2D eigenvalue weighted by molar-refractivity contribution is 6.30. The van der Waals surface area contributed by atoms with Crippen LogP contribution in [0, 0.1) is 0 Å². The van der Waals surface area contributed by atoms with Gasteiger partial charge >= 0.3 is 0 Å². The molecule has 0 aliphatic carbocycles. The minimum Gasteiger partial charge on any atom is -0.379 e. The lowest BCUT2D eigenvalue weighted by Gasteiger charge is -2.26. The molecule has 0 N–H and O–H groups in total. The first-order chi connectivity index (χ1) is 8.24. The molecule has 0 spiro atoms. The van der Waals surface area contributed by atoms with Gasteiger partial charge in [0.15, 0.2) is 0 Å². The monoisotopic (exact) mass is 255 g/mol. The van der Waals surface area contributed by atoms with Crippen LogP contribution in [0.2, 0.25) is 5.15 Å². The SMILES string of the molecule is CCCc1c(Cl)ncnc1N(C)C1CCOC1. The van der Waals surface area contributed by atoms with Crippen LogP contribution in [-0.2, 0) is 11.2 Å². The Kier molecular flexibility index (Phi) is 4.18. The maximum absolute atomic E-state index is 6.15. The van der Waals surface area contributed by atoms with Gasteiger partial charge in [0.2, 0.25) is 0 Å². The van der Waals surface area contributed by atoms with E-state index in [1.54, 1.807) is 0 Å². The summed E-state index contributed by atoms with van der Waals surface area (Å²) in [5.41, 5.74) is 1.05. The highest BCUT2D eigenvalue weighted by atomic mass is 35.5. The molecule has 17 heavy (non-hydrogen) atoms. The topological polar surface area (TPSA) is 38.2 Å². The minimum absolute atomic E-state index is 0.400. The molecule has 0 bridgehead atoms. The molecule has 1 aromatic heterocycles. The first kappa shape index (κ1) is 12.6. The summed E-state index contributed by atoms with van der Waals surface area (Å²) < 4.78 is 5.41. The molecule has 0 saturated carbocycles. The molecular formula is C12H18ClN3O. The smallest absolute Gasteiger partial charge is 0.137 e. The zero-order valence-corrected chi connectivity index (χ0v) is 11.1. The number of rotatable bonds is 4. The highest BCUT2D eigenvalue weighted by Crippen LogP contribution is 2.27. The third-order valence-corrected chi connectivity index (χ3v) is 3.48. The van der Waals surface area contributed by atoms with Crippen LogP contribution < -0.4 is 4.90 Å². The molecule has 4 nitrogen and oxygen atoms in total. The summed E-state index contributed by atoms with van der Waals surface area (Å²) in [7, 11) is 2.05. The van der Waals surface area contributed by atoms with Crippen LogP contribution >= 0.6 is 11.6 Å². The second kappa shape index (κ2) is 5.65. The maximum Gasteiger partial charge on any atom is 0.137 e. The predicted molar refractivity (Wildman–Crippen MR) is 68.7 cm³/mol. The van der Waals surface area contributed by atoms with Crippen molar-refractivity contribution in [3.63, 3.8) is 0 Å². The van der Waals surface area contributed by atoms with Crippen LogP contribution in [0.5, 0.6) is 0 Å². The number of hydrogen-bond donors (Lipinski definition) is 0. The Morgan fingerprint density at radius 1 is 1.53 bits per heavy atom. The van der Waals surface area contributed by atoms with Crippen molar-refractivity contribution in [2.24, 2.45) is 0 Å². The molecule has 1 aromatic rings. The summed E-state index contributed by atoms with van der Waals surface area (Å²) in [5.74, 6) is 0.947. The van der Waals surface area contributed by atoms with Crippen molar-refractivity contribution in [1.82, 2.24) is 9.97 Å². The Morgan fingerprint density at radius 2 is 2.35 bits per heavy atom. The lowest BCUT2D eigenvalue weighted by molar-refractivity contribution is 0.193. The summed E-state index contributed by atoms with van der Waals surface area (Å²) >= 11 is 6.15. The normalized spacial score (nSPS) is 19.6. The molecule has 1 aliphatic heterocycles. The van der Waals surface area contributed by atoms with Crippen molar-refractivity contribution in [2.75, 3.05) is 25.2 Å². The fourth-order valence-corrected chi connectivity index (χ4v) is 2.37. The van der Waals surface area contributed by atoms with Gasteiger partial charge in [-0.2, -0.15) is 0 Å². The van der Waals surface area contributed by atoms with Gasteiger partial charge in [-0.3, -0.25) is 0 Å². The highest BCUT2D eigenvalue weighted by Gasteiger charge is 2.24. The van der Waals surface area contributed by atoms with Crippen LogP contribution in [0.1, 0.15) is 25.3 Å². The standard InChI is InChI=1S/C12H18ClN3O/c1-3-4-10-11(13)14-8-15-12(10)16(2)9-5-6-17-7-9/h8-9H,3-7H2,1-2H3. The molecule has 0 radical (unpaired) electrons. The molecule has 5 heteroatoms. The first-order valence-corrected chi connectivity index (χ1v) is 6.41. The predicted octanol–water partition coefficient (Wildman–Crippen LogP) is 2.31. The largest absolute Gasteiger partial charge is 0.379 e. The first-order valence-electron chi connectivity index (χ1n) is 6.04. The van der Waals surface area contributed by atoms with E-state index >= 15 is 0 Å². The Labute approximate surface area is 107 Å². The molecule has 1 atom stereocenters. The van der Waals surface area contributed by atoms with E-state index < -0.39 is 0 Å². The van der Waals surface area contributed by atoms with E-state index in [9.17, 15) is 0 Å². The molecule has 1 aliphatic rings. The van der Waals surface area contributed by atoms with Gasteiger partial charge in [-0.05, 0) is 12.8 Å². The van der Waals surface area contributed by atoms with Gasteiger partial charge in [0, 0.05) is 19.2 Å². The molecule has 2 heterocycles. The summed E-state index contributed by atoms with van der Waals surface area (Å²) in [6.45, 7) is 3.73. The molecule has 1 unspecified atom stereocenters. The molecule has 94 valence electrons. The van der Waals surface area contributed by atoms with Crippen LogP contribution in [0.3, 0.4) is 0 Å². The summed E-state index contributed by atoms with van der Waals surface area (Å²) in [4.78, 5) is 10.6. The summed E-state index contributed by atoms with van der Waals surface area (Å²) in [6.07, 6.45) is 4.52. The van der Waals surface area contributed by atoms with E-state index in [1.165, 1.54) is 6.33 Å². The maximum atomic E-state index is 6.15. The minimum atomic E-state index is 0.400. The van der Waals surface area contributed by atoms with Crippen molar-refractivity contribution < 1.29 is 4.74 Å². The molecular weight excluding hydrogens is 238 g/mol. The number of nitrogens with zero attached hydrogens (tertiary/aromatic N) is 3. The number of anilines is 1. The van der Waals surface area contributed by atoms with E-state index in [0.29, 0.717) is 11.2 Å². The van der Waals surface area contributed by atoms with Crippen molar-refractivity contribution in [3.05, 3.63) is 17.0 Å². The van der Waals surface area contributed by atoms with Gasteiger partial charge in [0.05, 0.1) is 12.6 Å². The van der Waals surface area contributed by atoms with E-state index in [2.05, 4.69) is 28.8 Å². The third kappa shape index (κ3) is 2.69. The van der Waals surface area contributed by atoms with Gasteiger partial charge < -0.3 is 9.64 Å². The fraction of sp³-hybridized carbons (Fsp3) is 0.667. The average Bonchev–Trinajstić information content (AvgIpc) is 2.85. The van der Waals surface area contributed by atoms with Crippen LogP contribution in [0.4, 0.5) is 5.82 Å². The van der Waals surface area contributed by atoms with Gasteiger partial charge in [-0.25, -0.2) is 9.97 Å². The van der Waals surface area contributed by atoms with E-state index in [0.717, 1.165) is 43.9 Å². The summed E-state index contributed by atoms with van der Waals surface area (Å²) in [5, 5.41) is 0.572. The number of hydrogen-bond acceptors (Lipinski definition) is 4. The number of aromatic nitrogens is 2. The Bertz CT molecular complexity index is 380. The zero-order valence-electron chi connectivity index (χ0n) is 10.3. The van der Waals surface area contributed by atoms with Crippen LogP contribution in [-0.4, -0.2) is 36.3 Å². The fourth-order valence-electron chi connectivity index (χ4n) is 2.15. The number of ether oxygens (including phenoxy) is 1. The Hall–Kier alpha value is -0.870. The van der Waals surface area contributed by atoms with Crippen LogP contribution in [0.15, 0.2) is 6.33 Å². The lowest BCUT2D eigenvalue weighted by atomic mass is 10.1. The van der Waals surface area contributed by atoms with Gasteiger partial charge in [0.1, 0.15) is 17.3 Å². The second-order valence-electron chi connectivity index (χ2n) is 4.34. The van der Waals surface area contributed by atoms with Crippen molar-refractivity contribution in [3.8, 4) is 0 Å². The van der Waals surface area contributed by atoms with Crippen molar-refractivity contribution >= 4 is 17.4 Å². The van der Waals surface area contributed by atoms with E-state index in [-0.39, 0.29) is 0 Å².